The predicted octanol–water partition coefficient (Wildman–Crippen LogP) is 5.62. The third-order valence-electron chi connectivity index (χ3n) is 4.03. The maximum atomic E-state index is 14.1. The highest BCUT2D eigenvalue weighted by atomic mass is 35.5. The molecule has 0 fully saturated rings. The summed E-state index contributed by atoms with van der Waals surface area (Å²) in [6.07, 6.45) is 1.46. The van der Waals surface area contributed by atoms with E-state index in [-0.39, 0.29) is 50.4 Å². The summed E-state index contributed by atoms with van der Waals surface area (Å²) >= 11 is 12.4. The Kier molecular flexibility index (Phi) is 5.91. The van der Waals surface area contributed by atoms with E-state index in [2.05, 4.69) is 16.9 Å². The number of H-pyrrole nitrogens is 1. The molecule has 0 saturated carbocycles. The molecule has 3 rings (SSSR count). The molecule has 0 radical (unpaired) electrons. The molecule has 0 unspecified atom stereocenters. The molecular formula is C20H14Cl2F2N2O3. The molecule has 2 N–H and O–H groups in total. The fourth-order valence-corrected chi connectivity index (χ4v) is 3.37. The van der Waals surface area contributed by atoms with Gasteiger partial charge in [-0.3, -0.25) is 9.59 Å². The zero-order chi connectivity index (χ0) is 21.3. The second-order valence-electron chi connectivity index (χ2n) is 6.03. The van der Waals surface area contributed by atoms with Crippen molar-refractivity contribution in [3.05, 3.63) is 74.4 Å². The number of pyridine rings is 1. The fraction of sp³-hybridized carbons (Fsp3) is 0.100. The number of rotatable bonds is 6. The first-order chi connectivity index (χ1) is 13.7. The second kappa shape index (κ2) is 8.23. The fourth-order valence-electron chi connectivity index (χ4n) is 2.80. The van der Waals surface area contributed by atoms with E-state index in [1.807, 2.05) is 0 Å². The van der Waals surface area contributed by atoms with Crippen LogP contribution in [-0.4, -0.2) is 17.4 Å². The number of aromatic nitrogens is 1. The Morgan fingerprint density at radius 3 is 2.62 bits per heavy atom. The van der Waals surface area contributed by atoms with E-state index < -0.39 is 22.8 Å². The summed E-state index contributed by atoms with van der Waals surface area (Å²) in [5, 5.41) is 2.76. The van der Waals surface area contributed by atoms with Gasteiger partial charge in [0, 0.05) is 6.07 Å². The lowest BCUT2D eigenvalue weighted by Crippen LogP contribution is -2.19. The number of fused-ring (bicyclic) bond motifs is 1. The molecule has 0 saturated heterocycles. The van der Waals surface area contributed by atoms with Crippen molar-refractivity contribution in [2.75, 3.05) is 11.9 Å². The van der Waals surface area contributed by atoms with Gasteiger partial charge in [0.2, 0.25) is 5.43 Å². The minimum Gasteiger partial charge on any atom is -0.487 e. The van der Waals surface area contributed by atoms with Gasteiger partial charge in [-0.25, -0.2) is 8.78 Å². The van der Waals surface area contributed by atoms with Gasteiger partial charge in [0.15, 0.2) is 11.5 Å². The van der Waals surface area contributed by atoms with Gasteiger partial charge < -0.3 is 15.0 Å². The van der Waals surface area contributed by atoms with Crippen LogP contribution in [0.1, 0.15) is 17.3 Å². The molecule has 0 spiro atoms. The van der Waals surface area contributed by atoms with Crippen LogP contribution in [0, 0.1) is 11.6 Å². The SMILES string of the molecule is C=CCOc1c(Cl)cc(Cl)c2[nH]c(Nc3ccc(F)cc3F)c(C(C)=O)c(=O)c12. The number of halogens is 4. The van der Waals surface area contributed by atoms with Crippen molar-refractivity contribution in [3.8, 4) is 5.75 Å². The average molecular weight is 439 g/mol. The molecule has 0 aliphatic carbocycles. The van der Waals surface area contributed by atoms with Crippen LogP contribution in [-0.2, 0) is 0 Å². The first kappa shape index (κ1) is 20.8. The molecule has 9 heteroatoms. The van der Waals surface area contributed by atoms with Crippen LogP contribution in [0.5, 0.6) is 5.75 Å². The number of hydrogen-bond donors (Lipinski definition) is 2. The van der Waals surface area contributed by atoms with Gasteiger partial charge in [-0.1, -0.05) is 35.9 Å². The van der Waals surface area contributed by atoms with Crippen molar-refractivity contribution in [2.45, 2.75) is 6.92 Å². The molecule has 29 heavy (non-hydrogen) atoms. The Labute approximate surface area is 173 Å². The third kappa shape index (κ3) is 3.97. The Hall–Kier alpha value is -2.90. The summed E-state index contributed by atoms with van der Waals surface area (Å²) in [5.74, 6) is -2.33. The summed E-state index contributed by atoms with van der Waals surface area (Å²) in [6, 6.07) is 4.21. The number of hydrogen-bond acceptors (Lipinski definition) is 4. The van der Waals surface area contributed by atoms with Crippen LogP contribution in [0.25, 0.3) is 10.9 Å². The predicted molar refractivity (Wildman–Crippen MR) is 110 cm³/mol. The van der Waals surface area contributed by atoms with E-state index in [1.165, 1.54) is 19.1 Å². The number of aromatic amines is 1. The quantitative estimate of drug-likeness (QED) is 0.386. The number of nitrogens with one attached hydrogen (secondary N) is 2. The van der Waals surface area contributed by atoms with Crippen LogP contribution < -0.4 is 15.5 Å². The summed E-state index contributed by atoms with van der Waals surface area (Å²) < 4.78 is 32.7. The Morgan fingerprint density at radius 2 is 2.00 bits per heavy atom. The largest absolute Gasteiger partial charge is 0.487 e. The van der Waals surface area contributed by atoms with Crippen LogP contribution in [0.15, 0.2) is 41.7 Å². The normalized spacial score (nSPS) is 10.8. The monoisotopic (exact) mass is 438 g/mol. The van der Waals surface area contributed by atoms with E-state index in [0.29, 0.717) is 6.07 Å². The number of anilines is 2. The van der Waals surface area contributed by atoms with E-state index in [4.69, 9.17) is 27.9 Å². The minimum absolute atomic E-state index is 0.0281. The Morgan fingerprint density at radius 1 is 1.28 bits per heavy atom. The molecule has 0 atom stereocenters. The lowest BCUT2D eigenvalue weighted by atomic mass is 10.1. The zero-order valence-electron chi connectivity index (χ0n) is 15.0. The first-order valence-electron chi connectivity index (χ1n) is 8.29. The highest BCUT2D eigenvalue weighted by molar-refractivity contribution is 6.39. The maximum Gasteiger partial charge on any atom is 0.206 e. The van der Waals surface area contributed by atoms with Crippen LogP contribution >= 0.6 is 23.2 Å². The van der Waals surface area contributed by atoms with E-state index in [9.17, 15) is 18.4 Å². The molecule has 5 nitrogen and oxygen atoms in total. The molecule has 1 heterocycles. The topological polar surface area (TPSA) is 71.2 Å². The van der Waals surface area contributed by atoms with Crippen molar-refractivity contribution >= 4 is 51.4 Å². The molecule has 0 aliphatic heterocycles. The van der Waals surface area contributed by atoms with E-state index in [1.54, 1.807) is 0 Å². The van der Waals surface area contributed by atoms with E-state index >= 15 is 0 Å². The van der Waals surface area contributed by atoms with Crippen molar-refractivity contribution in [1.82, 2.24) is 4.98 Å². The number of Topliss-reactive ketones (excluding diaryl/α,β-unsaturated/α-hetero) is 1. The number of carbonyl (C=O) groups is 1. The molecule has 1 aromatic heterocycles. The number of ketones is 1. The van der Waals surface area contributed by atoms with Gasteiger partial charge in [0.1, 0.15) is 29.6 Å². The smallest absolute Gasteiger partial charge is 0.206 e. The minimum atomic E-state index is -0.905. The maximum absolute atomic E-state index is 14.1. The van der Waals surface area contributed by atoms with Gasteiger partial charge in [0.25, 0.3) is 0 Å². The van der Waals surface area contributed by atoms with Crippen LogP contribution in [0.2, 0.25) is 10.0 Å². The third-order valence-corrected chi connectivity index (χ3v) is 4.61. The molecule has 3 aromatic rings. The van der Waals surface area contributed by atoms with Gasteiger partial charge in [-0.2, -0.15) is 0 Å². The summed E-state index contributed by atoms with van der Waals surface area (Å²) in [5.41, 5.74) is -1.00. The highest BCUT2D eigenvalue weighted by Crippen LogP contribution is 2.37. The lowest BCUT2D eigenvalue weighted by molar-refractivity contribution is 0.101. The van der Waals surface area contributed by atoms with Crippen molar-refractivity contribution < 1.29 is 18.3 Å². The summed E-state index contributed by atoms with van der Waals surface area (Å²) in [6.45, 7) is 4.78. The van der Waals surface area contributed by atoms with Crippen molar-refractivity contribution in [3.63, 3.8) is 0 Å². The molecule has 150 valence electrons. The highest BCUT2D eigenvalue weighted by Gasteiger charge is 2.23. The average Bonchev–Trinajstić information content (AvgIpc) is 2.64. The van der Waals surface area contributed by atoms with E-state index in [0.717, 1.165) is 12.1 Å². The number of carbonyl (C=O) groups excluding carboxylic acids is 1. The lowest BCUT2D eigenvalue weighted by Gasteiger charge is -2.16. The molecule has 0 aliphatic rings. The molecule has 0 amide bonds. The van der Waals surface area contributed by atoms with Crippen molar-refractivity contribution in [1.29, 1.82) is 0 Å². The van der Waals surface area contributed by atoms with Crippen LogP contribution in [0.3, 0.4) is 0 Å². The Balaban J connectivity index is 2.31. The molecule has 0 bridgehead atoms. The Bertz CT molecular complexity index is 1210. The van der Waals surface area contributed by atoms with Gasteiger partial charge in [-0.05, 0) is 25.1 Å². The molecule has 2 aromatic carbocycles. The number of benzene rings is 2. The number of ether oxygens (including phenoxy) is 1. The first-order valence-corrected chi connectivity index (χ1v) is 9.04. The van der Waals surface area contributed by atoms with Gasteiger partial charge >= 0.3 is 0 Å². The van der Waals surface area contributed by atoms with Crippen molar-refractivity contribution in [2.24, 2.45) is 0 Å². The van der Waals surface area contributed by atoms with Gasteiger partial charge in [-0.15, -0.1) is 0 Å². The summed E-state index contributed by atoms with van der Waals surface area (Å²) in [4.78, 5) is 28.2. The van der Waals surface area contributed by atoms with Gasteiger partial charge in [0.05, 0.1) is 26.6 Å². The molecular weight excluding hydrogens is 425 g/mol. The van der Waals surface area contributed by atoms with Crippen LogP contribution in [0.4, 0.5) is 20.3 Å². The summed E-state index contributed by atoms with van der Waals surface area (Å²) in [7, 11) is 0. The second-order valence-corrected chi connectivity index (χ2v) is 6.84. The standard InChI is InChI=1S/C20H14Cl2F2N2O3/c1-3-6-29-19-12(22)8-11(21)17-16(19)18(28)15(9(2)27)20(26-17)25-14-5-4-10(23)7-13(14)24/h3-5,7-8H,1,6H2,2H3,(H2,25,26,28). The zero-order valence-corrected chi connectivity index (χ0v) is 16.5.